The highest BCUT2D eigenvalue weighted by Gasteiger charge is 2.15. The van der Waals surface area contributed by atoms with Crippen LogP contribution in [0.3, 0.4) is 0 Å². The number of rotatable bonds is 5. The number of nitrogens with one attached hydrogen (secondary N) is 1. The van der Waals surface area contributed by atoms with Crippen LogP contribution in [0.15, 0.2) is 12.3 Å². The molecule has 0 spiro atoms. The quantitative estimate of drug-likeness (QED) is 0.721. The highest BCUT2D eigenvalue weighted by molar-refractivity contribution is 5.89. The van der Waals surface area contributed by atoms with E-state index in [4.69, 9.17) is 15.6 Å². The van der Waals surface area contributed by atoms with Crippen molar-refractivity contribution in [2.24, 2.45) is 0 Å². The van der Waals surface area contributed by atoms with Gasteiger partial charge < -0.3 is 20.9 Å². The number of anilines is 2. The van der Waals surface area contributed by atoms with Crippen molar-refractivity contribution in [3.63, 3.8) is 0 Å². The maximum Gasteiger partial charge on any atom is 0.337 e. The van der Waals surface area contributed by atoms with E-state index in [1.165, 1.54) is 12.3 Å². The van der Waals surface area contributed by atoms with E-state index in [9.17, 15) is 4.79 Å². The number of nitrogens with two attached hydrogens (primary N) is 1. The summed E-state index contributed by atoms with van der Waals surface area (Å²) in [7, 11) is 0. The lowest BCUT2D eigenvalue weighted by molar-refractivity contribution is 0.0368. The molecule has 1 aliphatic rings. The number of nitrogen functional groups attached to an aromatic ring is 1. The van der Waals surface area contributed by atoms with Gasteiger partial charge in [0.1, 0.15) is 5.82 Å². The number of carbonyl (C=O) groups is 1. The van der Waals surface area contributed by atoms with Gasteiger partial charge >= 0.3 is 5.97 Å². The number of aromatic nitrogens is 1. The summed E-state index contributed by atoms with van der Waals surface area (Å²) in [5.74, 6) is -0.507. The van der Waals surface area contributed by atoms with Gasteiger partial charge in [0.25, 0.3) is 0 Å². The van der Waals surface area contributed by atoms with Gasteiger partial charge in [-0.25, -0.2) is 9.78 Å². The number of morpholine rings is 1. The standard InChI is InChI=1S/C13H20N4O3/c1-9(8-17-2-4-20-5-3-17)16-12-11(14)6-10(7-15-12)13(18)19/h6-7,9H,2-5,8,14H2,1H3,(H,15,16)(H,18,19). The molecular formula is C13H20N4O3. The fourth-order valence-electron chi connectivity index (χ4n) is 2.17. The largest absolute Gasteiger partial charge is 0.478 e. The van der Waals surface area contributed by atoms with Crippen LogP contribution in [0.5, 0.6) is 0 Å². The normalized spacial score (nSPS) is 17.6. The van der Waals surface area contributed by atoms with E-state index in [1.807, 2.05) is 6.92 Å². The maximum absolute atomic E-state index is 10.8. The predicted octanol–water partition coefficient (Wildman–Crippen LogP) is 0.495. The van der Waals surface area contributed by atoms with Crippen LogP contribution in [-0.2, 0) is 4.74 Å². The Morgan fingerprint density at radius 2 is 2.30 bits per heavy atom. The predicted molar refractivity (Wildman–Crippen MR) is 76.0 cm³/mol. The topological polar surface area (TPSA) is 101 Å². The Morgan fingerprint density at radius 1 is 1.60 bits per heavy atom. The van der Waals surface area contributed by atoms with Gasteiger partial charge in [0.05, 0.1) is 24.5 Å². The first kappa shape index (κ1) is 14.5. The molecule has 7 nitrogen and oxygen atoms in total. The zero-order valence-electron chi connectivity index (χ0n) is 11.5. The summed E-state index contributed by atoms with van der Waals surface area (Å²) >= 11 is 0. The van der Waals surface area contributed by atoms with Crippen molar-refractivity contribution >= 4 is 17.5 Å². The van der Waals surface area contributed by atoms with Crippen LogP contribution in [0.25, 0.3) is 0 Å². The van der Waals surface area contributed by atoms with E-state index in [0.29, 0.717) is 11.5 Å². The fraction of sp³-hybridized carbons (Fsp3) is 0.538. The molecule has 4 N–H and O–H groups in total. The number of hydrogen-bond donors (Lipinski definition) is 3. The van der Waals surface area contributed by atoms with Crippen LogP contribution in [0, 0.1) is 0 Å². The molecule has 1 aromatic rings. The molecule has 2 rings (SSSR count). The maximum atomic E-state index is 10.8. The van der Waals surface area contributed by atoms with Gasteiger partial charge in [-0.1, -0.05) is 0 Å². The summed E-state index contributed by atoms with van der Waals surface area (Å²) in [6, 6.07) is 1.58. The molecule has 7 heteroatoms. The minimum Gasteiger partial charge on any atom is -0.478 e. The van der Waals surface area contributed by atoms with E-state index in [1.54, 1.807) is 0 Å². The molecule has 1 unspecified atom stereocenters. The molecule has 1 saturated heterocycles. The molecule has 0 aliphatic carbocycles. The average molecular weight is 280 g/mol. The summed E-state index contributed by atoms with van der Waals surface area (Å²) in [6.07, 6.45) is 1.31. The second kappa shape index (κ2) is 6.53. The molecule has 0 bridgehead atoms. The second-order valence-electron chi connectivity index (χ2n) is 4.93. The molecule has 1 aromatic heterocycles. The van der Waals surface area contributed by atoms with Gasteiger partial charge in [0.15, 0.2) is 0 Å². The summed E-state index contributed by atoms with van der Waals surface area (Å²) in [5.41, 5.74) is 6.26. The molecule has 0 amide bonds. The van der Waals surface area contributed by atoms with Gasteiger partial charge in [-0.15, -0.1) is 0 Å². The van der Waals surface area contributed by atoms with Gasteiger partial charge in [-0.05, 0) is 13.0 Å². The van der Waals surface area contributed by atoms with E-state index in [0.717, 1.165) is 32.8 Å². The number of aromatic carboxylic acids is 1. The Hall–Kier alpha value is -1.86. The van der Waals surface area contributed by atoms with E-state index >= 15 is 0 Å². The smallest absolute Gasteiger partial charge is 0.337 e. The third-order valence-electron chi connectivity index (χ3n) is 3.18. The number of hydrogen-bond acceptors (Lipinski definition) is 6. The minimum atomic E-state index is -1.03. The van der Waals surface area contributed by atoms with E-state index < -0.39 is 5.97 Å². The van der Waals surface area contributed by atoms with Crippen molar-refractivity contribution in [2.45, 2.75) is 13.0 Å². The van der Waals surface area contributed by atoms with Crippen LogP contribution in [0.1, 0.15) is 17.3 Å². The van der Waals surface area contributed by atoms with Crippen molar-refractivity contribution in [2.75, 3.05) is 43.9 Å². The first-order valence-corrected chi connectivity index (χ1v) is 6.61. The van der Waals surface area contributed by atoms with E-state index in [2.05, 4.69) is 15.2 Å². The zero-order valence-corrected chi connectivity index (χ0v) is 11.5. The third-order valence-corrected chi connectivity index (χ3v) is 3.18. The molecular weight excluding hydrogens is 260 g/mol. The van der Waals surface area contributed by atoms with Crippen molar-refractivity contribution in [1.29, 1.82) is 0 Å². The molecule has 0 saturated carbocycles. The number of carboxylic acid groups (broad SMARTS) is 1. The van der Waals surface area contributed by atoms with Crippen molar-refractivity contribution in [1.82, 2.24) is 9.88 Å². The molecule has 1 fully saturated rings. The highest BCUT2D eigenvalue weighted by Crippen LogP contribution is 2.17. The second-order valence-corrected chi connectivity index (χ2v) is 4.93. The Labute approximate surface area is 117 Å². The third kappa shape index (κ3) is 3.82. The number of nitrogens with zero attached hydrogens (tertiary/aromatic N) is 2. The Bertz CT molecular complexity index is 475. The molecule has 2 heterocycles. The highest BCUT2D eigenvalue weighted by atomic mass is 16.5. The summed E-state index contributed by atoms with van der Waals surface area (Å²) in [6.45, 7) is 6.29. The summed E-state index contributed by atoms with van der Waals surface area (Å²) in [5, 5.41) is 12.1. The van der Waals surface area contributed by atoms with Crippen molar-refractivity contribution in [3.8, 4) is 0 Å². The lowest BCUT2D eigenvalue weighted by atomic mass is 10.2. The molecule has 20 heavy (non-hydrogen) atoms. The summed E-state index contributed by atoms with van der Waals surface area (Å²) < 4.78 is 5.30. The van der Waals surface area contributed by atoms with Crippen molar-refractivity contribution in [3.05, 3.63) is 17.8 Å². The molecule has 0 aromatic carbocycles. The molecule has 1 aliphatic heterocycles. The molecule has 0 radical (unpaired) electrons. The molecule has 1 atom stereocenters. The Balaban J connectivity index is 1.93. The number of ether oxygens (including phenoxy) is 1. The van der Waals surface area contributed by atoms with Gasteiger partial charge in [0, 0.05) is 31.9 Å². The Morgan fingerprint density at radius 3 is 2.90 bits per heavy atom. The Kier molecular flexibility index (Phi) is 4.75. The average Bonchev–Trinajstić information content (AvgIpc) is 2.42. The molecule has 110 valence electrons. The SMILES string of the molecule is CC(CN1CCOCC1)Nc1ncc(C(=O)O)cc1N. The van der Waals surface area contributed by atoms with Gasteiger partial charge in [-0.3, -0.25) is 4.90 Å². The van der Waals surface area contributed by atoms with Crippen LogP contribution in [-0.4, -0.2) is 59.8 Å². The first-order valence-electron chi connectivity index (χ1n) is 6.61. The number of carboxylic acids is 1. The number of pyridine rings is 1. The lowest BCUT2D eigenvalue weighted by Gasteiger charge is -2.29. The lowest BCUT2D eigenvalue weighted by Crippen LogP contribution is -2.42. The van der Waals surface area contributed by atoms with Crippen LogP contribution < -0.4 is 11.1 Å². The van der Waals surface area contributed by atoms with Crippen LogP contribution >= 0.6 is 0 Å². The summed E-state index contributed by atoms with van der Waals surface area (Å²) in [4.78, 5) is 17.2. The first-order chi connectivity index (χ1) is 9.56. The van der Waals surface area contributed by atoms with E-state index in [-0.39, 0.29) is 11.6 Å². The fourth-order valence-corrected chi connectivity index (χ4v) is 2.17. The van der Waals surface area contributed by atoms with Gasteiger partial charge in [-0.2, -0.15) is 0 Å². The zero-order chi connectivity index (χ0) is 14.5. The monoisotopic (exact) mass is 280 g/mol. The van der Waals surface area contributed by atoms with Crippen LogP contribution in [0.4, 0.5) is 11.5 Å². The van der Waals surface area contributed by atoms with Crippen LogP contribution in [0.2, 0.25) is 0 Å². The van der Waals surface area contributed by atoms with Gasteiger partial charge in [0.2, 0.25) is 0 Å². The minimum absolute atomic E-state index is 0.0916. The van der Waals surface area contributed by atoms with Crippen molar-refractivity contribution < 1.29 is 14.6 Å².